The zero-order valence-corrected chi connectivity index (χ0v) is 17.7. The lowest BCUT2D eigenvalue weighted by atomic mass is 10.0. The molecule has 2 aliphatic rings. The van der Waals surface area contributed by atoms with Crippen LogP contribution in [-0.2, 0) is 23.9 Å². The van der Waals surface area contributed by atoms with Crippen molar-refractivity contribution in [1.82, 2.24) is 15.5 Å². The van der Waals surface area contributed by atoms with E-state index < -0.39 is 35.6 Å². The number of benzene rings is 1. The highest BCUT2D eigenvalue weighted by molar-refractivity contribution is 6.24. The molecule has 1 atom stereocenters. The van der Waals surface area contributed by atoms with Gasteiger partial charge in [-0.2, -0.15) is 0 Å². The van der Waals surface area contributed by atoms with Crippen molar-refractivity contribution in [2.24, 2.45) is 0 Å². The molecular formula is C21H25N3O8. The highest BCUT2D eigenvalue weighted by Gasteiger charge is 2.46. The van der Waals surface area contributed by atoms with Gasteiger partial charge in [0.15, 0.2) is 6.61 Å². The fourth-order valence-corrected chi connectivity index (χ4v) is 3.44. The lowest BCUT2D eigenvalue weighted by molar-refractivity contribution is -0.136. The van der Waals surface area contributed by atoms with Crippen LogP contribution in [0.5, 0.6) is 5.75 Å². The number of amides is 5. The summed E-state index contributed by atoms with van der Waals surface area (Å²) >= 11 is 0. The van der Waals surface area contributed by atoms with Crippen LogP contribution < -0.4 is 15.4 Å². The Bertz CT molecular complexity index is 916. The summed E-state index contributed by atoms with van der Waals surface area (Å²) in [6.45, 7) is 1.51. The lowest BCUT2D eigenvalue weighted by Gasteiger charge is -2.27. The van der Waals surface area contributed by atoms with Crippen molar-refractivity contribution in [2.45, 2.75) is 25.3 Å². The van der Waals surface area contributed by atoms with E-state index in [0.717, 1.165) is 4.90 Å². The normalized spacial score (nSPS) is 17.9. The van der Waals surface area contributed by atoms with Crippen molar-refractivity contribution < 1.29 is 38.2 Å². The molecule has 3 rings (SSSR count). The van der Waals surface area contributed by atoms with Crippen molar-refractivity contribution in [3.05, 3.63) is 29.3 Å². The van der Waals surface area contributed by atoms with Crippen molar-refractivity contribution in [3.63, 3.8) is 0 Å². The maximum atomic E-state index is 13.0. The number of carbonyl (C=O) groups excluding carboxylic acids is 5. The number of fused-ring (bicyclic) bond motifs is 1. The molecule has 0 aliphatic carbocycles. The van der Waals surface area contributed by atoms with Crippen molar-refractivity contribution in [3.8, 4) is 5.75 Å². The largest absolute Gasteiger partial charge is 0.483 e. The standard InChI is InChI=1S/C21H25N3O8/c1-30-10-11-31-9-3-8-22-17(26)12-32-15-5-2-4-13-18(15)21(29)24(20(13)28)14-6-7-16(25)23-19(14)27/h2,4-5,14H,3,6-12H2,1H3,(H,22,26)(H,23,25,27). The number of ether oxygens (including phenoxy) is 3. The van der Waals surface area contributed by atoms with Crippen LogP contribution in [0.1, 0.15) is 40.0 Å². The van der Waals surface area contributed by atoms with Gasteiger partial charge in [0.25, 0.3) is 17.7 Å². The zero-order chi connectivity index (χ0) is 23.1. The average molecular weight is 447 g/mol. The Balaban J connectivity index is 1.56. The van der Waals surface area contributed by atoms with Crippen LogP contribution in [0.3, 0.4) is 0 Å². The summed E-state index contributed by atoms with van der Waals surface area (Å²) in [4.78, 5) is 62.2. The van der Waals surface area contributed by atoms with E-state index in [4.69, 9.17) is 14.2 Å². The molecule has 1 aromatic carbocycles. The first-order valence-electron chi connectivity index (χ1n) is 10.2. The van der Waals surface area contributed by atoms with Crippen LogP contribution in [0.25, 0.3) is 0 Å². The Morgan fingerprint density at radius 3 is 2.72 bits per heavy atom. The minimum absolute atomic E-state index is 0.00143. The molecule has 0 spiro atoms. The van der Waals surface area contributed by atoms with Gasteiger partial charge < -0.3 is 19.5 Å². The van der Waals surface area contributed by atoms with Gasteiger partial charge in [-0.25, -0.2) is 0 Å². The lowest BCUT2D eigenvalue weighted by Crippen LogP contribution is -2.54. The summed E-state index contributed by atoms with van der Waals surface area (Å²) < 4.78 is 15.7. The Hall–Kier alpha value is -3.31. The predicted molar refractivity (Wildman–Crippen MR) is 109 cm³/mol. The van der Waals surface area contributed by atoms with E-state index in [-0.39, 0.29) is 36.3 Å². The van der Waals surface area contributed by atoms with E-state index >= 15 is 0 Å². The molecule has 1 fully saturated rings. The van der Waals surface area contributed by atoms with E-state index in [1.807, 2.05) is 0 Å². The molecular weight excluding hydrogens is 422 g/mol. The van der Waals surface area contributed by atoms with E-state index in [0.29, 0.717) is 32.8 Å². The smallest absolute Gasteiger partial charge is 0.266 e. The first-order valence-corrected chi connectivity index (χ1v) is 10.2. The highest BCUT2D eigenvalue weighted by Crippen LogP contribution is 2.33. The summed E-state index contributed by atoms with van der Waals surface area (Å²) in [5.41, 5.74) is 0.0901. The van der Waals surface area contributed by atoms with Crippen LogP contribution in [0, 0.1) is 0 Å². The van der Waals surface area contributed by atoms with Crippen molar-refractivity contribution in [1.29, 1.82) is 0 Å². The SMILES string of the molecule is COCCOCCCNC(=O)COc1cccc2c1C(=O)N(C1CCC(=O)NC1=O)C2=O. The van der Waals surface area contributed by atoms with Gasteiger partial charge in [0.2, 0.25) is 11.8 Å². The second kappa shape index (κ2) is 10.8. The molecule has 2 aliphatic heterocycles. The molecule has 172 valence electrons. The number of hydrogen-bond donors (Lipinski definition) is 2. The van der Waals surface area contributed by atoms with Gasteiger partial charge in [0.1, 0.15) is 11.8 Å². The summed E-state index contributed by atoms with van der Waals surface area (Å²) in [7, 11) is 1.58. The maximum absolute atomic E-state index is 13.0. The first-order chi connectivity index (χ1) is 15.4. The Morgan fingerprint density at radius 2 is 1.97 bits per heavy atom. The maximum Gasteiger partial charge on any atom is 0.266 e. The number of nitrogens with zero attached hydrogens (tertiary/aromatic N) is 1. The average Bonchev–Trinajstić information content (AvgIpc) is 3.02. The van der Waals surface area contributed by atoms with Crippen LogP contribution in [0.2, 0.25) is 0 Å². The number of piperidine rings is 1. The number of imide groups is 2. The highest BCUT2D eigenvalue weighted by atomic mass is 16.5. The molecule has 1 unspecified atom stereocenters. The Kier molecular flexibility index (Phi) is 7.90. The van der Waals surface area contributed by atoms with Crippen molar-refractivity contribution >= 4 is 29.5 Å². The zero-order valence-electron chi connectivity index (χ0n) is 17.7. The topological polar surface area (TPSA) is 140 Å². The Labute approximate surface area is 184 Å². The molecule has 0 bridgehead atoms. The van der Waals surface area contributed by atoms with Gasteiger partial charge in [0, 0.05) is 26.7 Å². The van der Waals surface area contributed by atoms with Gasteiger partial charge in [0.05, 0.1) is 24.3 Å². The molecule has 1 saturated heterocycles. The predicted octanol–water partition coefficient (Wildman–Crippen LogP) is -0.364. The van der Waals surface area contributed by atoms with Crippen LogP contribution >= 0.6 is 0 Å². The second-order valence-electron chi connectivity index (χ2n) is 7.22. The number of hydrogen-bond acceptors (Lipinski definition) is 8. The molecule has 11 heteroatoms. The van der Waals surface area contributed by atoms with Crippen molar-refractivity contribution in [2.75, 3.05) is 40.1 Å². The number of carbonyl (C=O) groups is 5. The summed E-state index contributed by atoms with van der Waals surface area (Å²) in [5, 5.41) is 4.82. The molecule has 5 amide bonds. The molecule has 11 nitrogen and oxygen atoms in total. The molecule has 0 saturated carbocycles. The van der Waals surface area contributed by atoms with E-state index in [1.165, 1.54) is 18.2 Å². The van der Waals surface area contributed by atoms with Crippen LogP contribution in [-0.4, -0.2) is 80.6 Å². The minimum atomic E-state index is -1.07. The second-order valence-corrected chi connectivity index (χ2v) is 7.22. The molecule has 1 aromatic rings. The molecule has 32 heavy (non-hydrogen) atoms. The molecule has 2 N–H and O–H groups in total. The van der Waals surface area contributed by atoms with Gasteiger partial charge in [-0.15, -0.1) is 0 Å². The first kappa shape index (κ1) is 23.4. The van der Waals surface area contributed by atoms with E-state index in [1.54, 1.807) is 7.11 Å². The third-order valence-corrected chi connectivity index (χ3v) is 5.01. The van der Waals surface area contributed by atoms with E-state index in [2.05, 4.69) is 10.6 Å². The minimum Gasteiger partial charge on any atom is -0.483 e. The Morgan fingerprint density at radius 1 is 1.16 bits per heavy atom. The van der Waals surface area contributed by atoms with Gasteiger partial charge in [-0.1, -0.05) is 6.07 Å². The quantitative estimate of drug-likeness (QED) is 0.346. The van der Waals surface area contributed by atoms with Crippen LogP contribution in [0.15, 0.2) is 18.2 Å². The van der Waals surface area contributed by atoms with Gasteiger partial charge in [-0.05, 0) is 25.0 Å². The number of methoxy groups -OCH3 is 1. The van der Waals surface area contributed by atoms with Crippen LogP contribution in [0.4, 0.5) is 0 Å². The fraction of sp³-hybridized carbons (Fsp3) is 0.476. The van der Waals surface area contributed by atoms with E-state index in [9.17, 15) is 24.0 Å². The molecule has 0 radical (unpaired) electrons. The summed E-state index contributed by atoms with van der Waals surface area (Å²) in [6.07, 6.45) is 0.707. The van der Waals surface area contributed by atoms with Gasteiger partial charge in [-0.3, -0.25) is 34.2 Å². The summed E-state index contributed by atoms with van der Waals surface area (Å²) in [6, 6.07) is 3.40. The third kappa shape index (κ3) is 5.29. The third-order valence-electron chi connectivity index (χ3n) is 5.01. The number of nitrogens with one attached hydrogen (secondary N) is 2. The summed E-state index contributed by atoms with van der Waals surface area (Å²) in [5.74, 6) is -2.78. The molecule has 0 aromatic heterocycles. The van der Waals surface area contributed by atoms with Gasteiger partial charge >= 0.3 is 0 Å². The fourth-order valence-electron chi connectivity index (χ4n) is 3.44. The molecule has 2 heterocycles. The number of rotatable bonds is 11. The monoisotopic (exact) mass is 447 g/mol.